The average Bonchev–Trinajstić information content (AvgIpc) is 2.47. The molecule has 1 heterocycles. The second-order valence-electron chi connectivity index (χ2n) is 4.05. The maximum Gasteiger partial charge on any atom is 0.212 e. The second kappa shape index (κ2) is 6.15. The van der Waals surface area contributed by atoms with Crippen LogP contribution in [0.1, 0.15) is 11.6 Å². The molecule has 5 heteroatoms. The summed E-state index contributed by atoms with van der Waals surface area (Å²) in [6.07, 6.45) is 1.67. The number of pyridine rings is 1. The van der Waals surface area contributed by atoms with Gasteiger partial charge < -0.3 is 15.8 Å². The Hall–Kier alpha value is -2.14. The Morgan fingerprint density at radius 1 is 1.32 bits per heavy atom. The van der Waals surface area contributed by atoms with E-state index in [2.05, 4.69) is 10.3 Å². The minimum atomic E-state index is -0.303. The maximum atomic E-state index is 13.6. The van der Waals surface area contributed by atoms with Gasteiger partial charge in [0, 0.05) is 18.8 Å². The van der Waals surface area contributed by atoms with Gasteiger partial charge in [0.15, 0.2) is 0 Å². The number of aromatic nitrogens is 1. The first kappa shape index (κ1) is 13.3. The van der Waals surface area contributed by atoms with E-state index in [4.69, 9.17) is 10.5 Å². The molecule has 0 amide bonds. The molecule has 0 radical (unpaired) electrons. The molecule has 4 nitrogen and oxygen atoms in total. The number of hydrogen-bond donors (Lipinski definition) is 2. The number of para-hydroxylation sites is 1. The normalized spacial score (nSPS) is 11.9. The molecule has 1 aromatic heterocycles. The number of methoxy groups -OCH3 is 1. The Kier molecular flexibility index (Phi) is 4.30. The molecular weight excluding hydrogens is 245 g/mol. The standard InChI is InChI=1S/C14H16FN3O/c1-19-14-7-6-10(9-17-14)13(8-16)18-12-5-3-2-4-11(12)15/h2-7,9,13,18H,8,16H2,1H3. The van der Waals surface area contributed by atoms with Crippen LogP contribution in [0.25, 0.3) is 0 Å². The smallest absolute Gasteiger partial charge is 0.212 e. The number of nitrogens with one attached hydrogen (secondary N) is 1. The minimum absolute atomic E-state index is 0.199. The molecule has 100 valence electrons. The van der Waals surface area contributed by atoms with Gasteiger partial charge in [-0.1, -0.05) is 18.2 Å². The maximum absolute atomic E-state index is 13.6. The van der Waals surface area contributed by atoms with Gasteiger partial charge >= 0.3 is 0 Å². The summed E-state index contributed by atoms with van der Waals surface area (Å²) in [6, 6.07) is 9.91. The molecule has 0 bridgehead atoms. The third kappa shape index (κ3) is 3.20. The van der Waals surface area contributed by atoms with Gasteiger partial charge in [-0.25, -0.2) is 9.37 Å². The third-order valence-corrected chi connectivity index (χ3v) is 2.81. The average molecular weight is 261 g/mol. The van der Waals surface area contributed by atoms with Crippen LogP contribution in [0.3, 0.4) is 0 Å². The van der Waals surface area contributed by atoms with Crippen molar-refractivity contribution in [2.75, 3.05) is 19.0 Å². The van der Waals surface area contributed by atoms with Gasteiger partial charge in [-0.3, -0.25) is 0 Å². The zero-order chi connectivity index (χ0) is 13.7. The molecule has 1 unspecified atom stereocenters. The topological polar surface area (TPSA) is 60.2 Å². The first-order valence-electron chi connectivity index (χ1n) is 5.95. The van der Waals surface area contributed by atoms with E-state index in [9.17, 15) is 4.39 Å². The SMILES string of the molecule is COc1ccc(C(CN)Nc2ccccc2F)cn1. The van der Waals surface area contributed by atoms with Crippen LogP contribution in [0.4, 0.5) is 10.1 Å². The van der Waals surface area contributed by atoms with Gasteiger partial charge in [-0.2, -0.15) is 0 Å². The van der Waals surface area contributed by atoms with Crippen molar-refractivity contribution in [1.82, 2.24) is 4.98 Å². The lowest BCUT2D eigenvalue weighted by molar-refractivity contribution is 0.397. The predicted molar refractivity (Wildman–Crippen MR) is 72.6 cm³/mol. The number of benzene rings is 1. The van der Waals surface area contributed by atoms with E-state index in [0.717, 1.165) is 5.56 Å². The summed E-state index contributed by atoms with van der Waals surface area (Å²) in [7, 11) is 1.56. The Morgan fingerprint density at radius 2 is 2.11 bits per heavy atom. The first-order valence-corrected chi connectivity index (χ1v) is 5.95. The number of nitrogens with two attached hydrogens (primary N) is 1. The van der Waals surface area contributed by atoms with Crippen LogP contribution in [-0.2, 0) is 0 Å². The van der Waals surface area contributed by atoms with Gasteiger partial charge in [-0.05, 0) is 17.7 Å². The molecule has 0 aliphatic heterocycles. The van der Waals surface area contributed by atoms with Crippen molar-refractivity contribution >= 4 is 5.69 Å². The monoisotopic (exact) mass is 261 g/mol. The number of hydrogen-bond acceptors (Lipinski definition) is 4. The van der Waals surface area contributed by atoms with Crippen molar-refractivity contribution in [3.8, 4) is 5.88 Å². The highest BCUT2D eigenvalue weighted by molar-refractivity contribution is 5.46. The Morgan fingerprint density at radius 3 is 2.68 bits per heavy atom. The van der Waals surface area contributed by atoms with E-state index in [1.807, 2.05) is 6.07 Å². The summed E-state index contributed by atoms with van der Waals surface area (Å²) in [5.41, 5.74) is 7.04. The molecule has 0 saturated heterocycles. The predicted octanol–water partition coefficient (Wildman–Crippen LogP) is 2.34. The second-order valence-corrected chi connectivity index (χ2v) is 4.05. The summed E-state index contributed by atoms with van der Waals surface area (Å²) in [6.45, 7) is 0.336. The Labute approximate surface area is 111 Å². The van der Waals surface area contributed by atoms with Crippen molar-refractivity contribution in [2.45, 2.75) is 6.04 Å². The quantitative estimate of drug-likeness (QED) is 0.867. The van der Waals surface area contributed by atoms with Gasteiger partial charge in [0.05, 0.1) is 18.8 Å². The van der Waals surface area contributed by atoms with Gasteiger partial charge in [0.1, 0.15) is 5.82 Å². The Balaban J connectivity index is 2.17. The summed E-state index contributed by atoms with van der Waals surface area (Å²) in [5.74, 6) is 0.229. The molecule has 2 aromatic rings. The lowest BCUT2D eigenvalue weighted by Crippen LogP contribution is -2.21. The van der Waals surface area contributed by atoms with Crippen molar-refractivity contribution in [1.29, 1.82) is 0 Å². The van der Waals surface area contributed by atoms with Crippen LogP contribution < -0.4 is 15.8 Å². The molecule has 0 spiro atoms. The molecule has 3 N–H and O–H groups in total. The van der Waals surface area contributed by atoms with Crippen molar-refractivity contribution in [3.05, 3.63) is 54.0 Å². The highest BCUT2D eigenvalue weighted by atomic mass is 19.1. The number of nitrogens with zero attached hydrogens (tertiary/aromatic N) is 1. The van der Waals surface area contributed by atoms with Gasteiger partial charge in [-0.15, -0.1) is 0 Å². The largest absolute Gasteiger partial charge is 0.481 e. The van der Waals surface area contributed by atoms with Gasteiger partial charge in [0.25, 0.3) is 0 Å². The van der Waals surface area contributed by atoms with E-state index in [0.29, 0.717) is 18.1 Å². The molecule has 19 heavy (non-hydrogen) atoms. The van der Waals surface area contributed by atoms with Crippen LogP contribution >= 0.6 is 0 Å². The van der Waals surface area contributed by atoms with Crippen LogP contribution in [-0.4, -0.2) is 18.6 Å². The summed E-state index contributed by atoms with van der Waals surface area (Å²) < 4.78 is 18.6. The van der Waals surface area contributed by atoms with Crippen LogP contribution in [0, 0.1) is 5.82 Å². The van der Waals surface area contributed by atoms with Crippen LogP contribution in [0.5, 0.6) is 5.88 Å². The fraction of sp³-hybridized carbons (Fsp3) is 0.214. The number of ether oxygens (including phenoxy) is 1. The zero-order valence-corrected chi connectivity index (χ0v) is 10.6. The molecular formula is C14H16FN3O. The lowest BCUT2D eigenvalue weighted by atomic mass is 10.1. The van der Waals surface area contributed by atoms with E-state index in [-0.39, 0.29) is 11.9 Å². The van der Waals surface area contributed by atoms with E-state index < -0.39 is 0 Å². The summed E-state index contributed by atoms with van der Waals surface area (Å²) in [5, 5.41) is 3.07. The molecule has 0 aliphatic rings. The highest BCUT2D eigenvalue weighted by Gasteiger charge is 2.12. The first-order chi connectivity index (χ1) is 9.24. The van der Waals surface area contributed by atoms with Crippen molar-refractivity contribution in [2.24, 2.45) is 5.73 Å². The van der Waals surface area contributed by atoms with E-state index in [1.165, 1.54) is 6.07 Å². The third-order valence-electron chi connectivity index (χ3n) is 2.81. The Bertz CT molecular complexity index is 530. The molecule has 0 aliphatic carbocycles. The summed E-state index contributed by atoms with van der Waals surface area (Å²) in [4.78, 5) is 4.12. The van der Waals surface area contributed by atoms with E-state index >= 15 is 0 Å². The zero-order valence-electron chi connectivity index (χ0n) is 10.6. The highest BCUT2D eigenvalue weighted by Crippen LogP contribution is 2.21. The fourth-order valence-corrected chi connectivity index (χ4v) is 1.76. The molecule has 0 fully saturated rings. The fourth-order valence-electron chi connectivity index (χ4n) is 1.76. The van der Waals surface area contributed by atoms with Crippen LogP contribution in [0.15, 0.2) is 42.6 Å². The number of halogens is 1. The van der Waals surface area contributed by atoms with Crippen LogP contribution in [0.2, 0.25) is 0 Å². The molecule has 1 aromatic carbocycles. The number of rotatable bonds is 5. The van der Waals surface area contributed by atoms with E-state index in [1.54, 1.807) is 37.6 Å². The van der Waals surface area contributed by atoms with Crippen molar-refractivity contribution in [3.63, 3.8) is 0 Å². The minimum Gasteiger partial charge on any atom is -0.481 e. The summed E-state index contributed by atoms with van der Waals surface area (Å²) >= 11 is 0. The number of anilines is 1. The molecule has 1 atom stereocenters. The molecule has 0 saturated carbocycles. The lowest BCUT2D eigenvalue weighted by Gasteiger charge is -2.18. The molecule has 2 rings (SSSR count). The van der Waals surface area contributed by atoms with Gasteiger partial charge in [0.2, 0.25) is 5.88 Å². The van der Waals surface area contributed by atoms with Crippen molar-refractivity contribution < 1.29 is 9.13 Å².